The molecule has 0 fully saturated rings. The number of esters is 1. The van der Waals surface area contributed by atoms with E-state index in [4.69, 9.17) is 4.74 Å². The van der Waals surface area contributed by atoms with E-state index in [1.807, 2.05) is 36.4 Å². The monoisotopic (exact) mass is 464 g/mol. The summed E-state index contributed by atoms with van der Waals surface area (Å²) < 4.78 is 8.67. The van der Waals surface area contributed by atoms with Gasteiger partial charge in [0, 0.05) is 30.0 Å². The van der Waals surface area contributed by atoms with Crippen LogP contribution in [0.15, 0.2) is 76.7 Å². The molecule has 0 aliphatic carbocycles. The van der Waals surface area contributed by atoms with Gasteiger partial charge in [-0.25, -0.2) is 0 Å². The third kappa shape index (κ3) is 5.48. The lowest BCUT2D eigenvalue weighted by Crippen LogP contribution is -2.39. The number of thiazole rings is 1. The quantitative estimate of drug-likeness (QED) is 0.222. The molecular weight excluding hydrogens is 438 g/mol. The normalized spacial score (nSPS) is 14.7. The first-order valence-corrected chi connectivity index (χ1v) is 12.0. The zero-order chi connectivity index (χ0) is 22.5. The maximum absolute atomic E-state index is 11.3. The highest BCUT2D eigenvalue weighted by molar-refractivity contribution is 8.03. The lowest BCUT2D eigenvalue weighted by molar-refractivity contribution is -0.668. The summed E-state index contributed by atoms with van der Waals surface area (Å²) in [5.74, 6) is 0.273. The zero-order valence-corrected chi connectivity index (χ0v) is 20.0. The van der Waals surface area contributed by atoms with E-state index in [0.717, 1.165) is 39.0 Å². The minimum absolute atomic E-state index is 0.307. The van der Waals surface area contributed by atoms with Gasteiger partial charge in [0.05, 0.1) is 17.3 Å². The Balaban J connectivity index is 1.52. The first kappa shape index (κ1) is 22.3. The van der Waals surface area contributed by atoms with E-state index in [9.17, 15) is 4.79 Å². The van der Waals surface area contributed by atoms with Crippen LogP contribution in [0.5, 0.6) is 5.75 Å². The smallest absolute Gasteiger partial charge is 0.308 e. The van der Waals surface area contributed by atoms with Gasteiger partial charge in [-0.3, -0.25) is 4.79 Å². The number of thioether (sulfide) groups is 1. The molecule has 0 bridgehead atoms. The lowest BCUT2D eigenvalue weighted by atomic mass is 10.3. The molecule has 164 valence electrons. The SMILES string of the molecule is CC(=O)Oc1ccc2c(c1)sc(/C=C/C=C/C=C1/Nc3ccccc3S1)[n+]2CCN(C)C. The number of rotatable bonds is 7. The van der Waals surface area contributed by atoms with Crippen molar-refractivity contribution in [2.45, 2.75) is 18.4 Å². The van der Waals surface area contributed by atoms with Gasteiger partial charge in [-0.15, -0.1) is 0 Å². The second-order valence-electron chi connectivity index (χ2n) is 7.62. The van der Waals surface area contributed by atoms with Crippen molar-refractivity contribution < 1.29 is 14.1 Å². The third-order valence-electron chi connectivity index (χ3n) is 4.81. The van der Waals surface area contributed by atoms with Gasteiger partial charge in [0.25, 0.3) is 5.01 Å². The summed E-state index contributed by atoms with van der Waals surface area (Å²) in [4.78, 5) is 14.7. The average Bonchev–Trinajstić information content (AvgIpc) is 3.31. The number of allylic oxidation sites excluding steroid dienone is 4. The lowest BCUT2D eigenvalue weighted by Gasteiger charge is -2.06. The second-order valence-corrected chi connectivity index (χ2v) is 9.76. The molecule has 0 unspecified atom stereocenters. The molecule has 3 aromatic rings. The summed E-state index contributed by atoms with van der Waals surface area (Å²) in [5.41, 5.74) is 2.30. The Bertz CT molecular complexity index is 1200. The van der Waals surface area contributed by atoms with Gasteiger partial charge in [-0.1, -0.05) is 53.5 Å². The number of anilines is 1. The molecule has 2 aromatic carbocycles. The van der Waals surface area contributed by atoms with Crippen LogP contribution in [0.4, 0.5) is 5.69 Å². The Morgan fingerprint density at radius 1 is 1.16 bits per heavy atom. The Hall–Kier alpha value is -2.87. The Labute approximate surface area is 196 Å². The van der Waals surface area contributed by atoms with Crippen molar-refractivity contribution in [3.05, 3.63) is 76.8 Å². The molecule has 1 aliphatic heterocycles. The maximum atomic E-state index is 11.3. The van der Waals surface area contributed by atoms with Crippen LogP contribution in [0.3, 0.4) is 0 Å². The third-order valence-corrected chi connectivity index (χ3v) is 6.95. The van der Waals surface area contributed by atoms with Gasteiger partial charge in [0.15, 0.2) is 6.54 Å². The van der Waals surface area contributed by atoms with Gasteiger partial charge in [0.1, 0.15) is 10.4 Å². The molecule has 0 saturated heterocycles. The van der Waals surface area contributed by atoms with E-state index in [0.29, 0.717) is 5.75 Å². The number of nitrogens with one attached hydrogen (secondary N) is 1. The van der Waals surface area contributed by atoms with E-state index in [1.54, 1.807) is 23.1 Å². The highest BCUT2D eigenvalue weighted by Crippen LogP contribution is 2.40. The molecule has 5 nitrogen and oxygen atoms in total. The minimum Gasteiger partial charge on any atom is -0.427 e. The van der Waals surface area contributed by atoms with E-state index in [-0.39, 0.29) is 5.97 Å². The standard InChI is InChI=1S/C25H25N3O2S2/c1-18(29)30-19-13-14-21-23(17-19)32-25(28(21)16-15-27(2)3)12-6-4-5-11-24-26-20-9-7-8-10-22(20)31-24/h4-14,17H,15-16H2,1-3H3/p+1. The molecule has 0 atom stereocenters. The van der Waals surface area contributed by atoms with Crippen LogP contribution in [0.1, 0.15) is 11.9 Å². The number of benzene rings is 2. The van der Waals surface area contributed by atoms with Crippen LogP contribution in [-0.4, -0.2) is 31.5 Å². The van der Waals surface area contributed by atoms with Crippen molar-refractivity contribution >= 4 is 51.0 Å². The number of carbonyl (C=O) groups excluding carboxylic acids is 1. The van der Waals surface area contributed by atoms with Gasteiger partial charge >= 0.3 is 5.97 Å². The van der Waals surface area contributed by atoms with Crippen molar-refractivity contribution in [3.63, 3.8) is 0 Å². The van der Waals surface area contributed by atoms with Crippen molar-refractivity contribution in [1.29, 1.82) is 0 Å². The predicted molar refractivity (Wildman–Crippen MR) is 134 cm³/mol. The molecule has 2 heterocycles. The summed E-state index contributed by atoms with van der Waals surface area (Å²) in [6.07, 6.45) is 10.4. The topological polar surface area (TPSA) is 45.5 Å². The molecule has 32 heavy (non-hydrogen) atoms. The number of fused-ring (bicyclic) bond motifs is 2. The molecule has 7 heteroatoms. The van der Waals surface area contributed by atoms with Gasteiger partial charge < -0.3 is 15.0 Å². The van der Waals surface area contributed by atoms with Crippen molar-refractivity contribution in [2.75, 3.05) is 26.0 Å². The number of aromatic nitrogens is 1. The van der Waals surface area contributed by atoms with Crippen LogP contribution in [0.2, 0.25) is 0 Å². The summed E-state index contributed by atoms with van der Waals surface area (Å²) in [5, 5.41) is 5.70. The molecule has 1 N–H and O–H groups in total. The molecule has 0 spiro atoms. The van der Waals surface area contributed by atoms with Crippen LogP contribution in [0.25, 0.3) is 16.3 Å². The average molecular weight is 465 g/mol. The van der Waals surface area contributed by atoms with Gasteiger partial charge in [-0.05, 0) is 38.4 Å². The highest BCUT2D eigenvalue weighted by Gasteiger charge is 2.19. The summed E-state index contributed by atoms with van der Waals surface area (Å²) >= 11 is 3.44. The number of hydrogen-bond acceptors (Lipinski definition) is 6. The number of hydrogen-bond donors (Lipinski definition) is 1. The van der Waals surface area contributed by atoms with Crippen molar-refractivity contribution in [1.82, 2.24) is 4.90 Å². The van der Waals surface area contributed by atoms with Gasteiger partial charge in [-0.2, -0.15) is 4.57 Å². The van der Waals surface area contributed by atoms with E-state index in [2.05, 4.69) is 65.3 Å². The fourth-order valence-corrected chi connectivity index (χ4v) is 5.38. The maximum Gasteiger partial charge on any atom is 0.308 e. The number of likely N-dealkylation sites (N-methyl/N-ethyl adjacent to an activating group) is 1. The molecule has 4 rings (SSSR count). The first-order valence-electron chi connectivity index (χ1n) is 10.4. The molecule has 1 aliphatic rings. The minimum atomic E-state index is -0.307. The predicted octanol–water partition coefficient (Wildman–Crippen LogP) is 5.30. The fraction of sp³-hybridized carbons (Fsp3) is 0.200. The Morgan fingerprint density at radius 2 is 2.00 bits per heavy atom. The second kappa shape index (κ2) is 10.2. The number of nitrogens with zero attached hydrogens (tertiary/aromatic N) is 2. The van der Waals surface area contributed by atoms with E-state index >= 15 is 0 Å². The largest absolute Gasteiger partial charge is 0.427 e. The number of ether oxygens (including phenoxy) is 1. The number of carbonyl (C=O) groups is 1. The van der Waals surface area contributed by atoms with Crippen LogP contribution in [0, 0.1) is 0 Å². The van der Waals surface area contributed by atoms with Gasteiger partial charge in [0.2, 0.25) is 5.52 Å². The van der Waals surface area contributed by atoms with Crippen LogP contribution in [-0.2, 0) is 11.3 Å². The Morgan fingerprint density at radius 3 is 2.78 bits per heavy atom. The molecule has 0 amide bonds. The van der Waals surface area contributed by atoms with Crippen LogP contribution >= 0.6 is 23.1 Å². The molecular formula is C25H26N3O2S2+. The van der Waals surface area contributed by atoms with Crippen LogP contribution < -0.4 is 14.6 Å². The number of para-hydroxylation sites is 1. The van der Waals surface area contributed by atoms with E-state index in [1.165, 1.54) is 11.8 Å². The molecule has 1 aromatic heterocycles. The summed E-state index contributed by atoms with van der Waals surface area (Å²) in [6, 6.07) is 14.1. The van der Waals surface area contributed by atoms with Crippen molar-refractivity contribution in [2.24, 2.45) is 0 Å². The first-order chi connectivity index (χ1) is 15.5. The van der Waals surface area contributed by atoms with Crippen molar-refractivity contribution in [3.8, 4) is 5.75 Å². The Kier molecular flexibility index (Phi) is 7.09. The molecule has 0 saturated carbocycles. The fourth-order valence-electron chi connectivity index (χ4n) is 3.33. The zero-order valence-electron chi connectivity index (χ0n) is 18.4. The summed E-state index contributed by atoms with van der Waals surface area (Å²) in [7, 11) is 4.15. The summed E-state index contributed by atoms with van der Waals surface area (Å²) in [6.45, 7) is 3.24. The van der Waals surface area contributed by atoms with E-state index < -0.39 is 0 Å². The molecule has 0 radical (unpaired) electrons. The highest BCUT2D eigenvalue weighted by atomic mass is 32.2.